The van der Waals surface area contributed by atoms with Crippen molar-refractivity contribution in [2.24, 2.45) is 22.8 Å². The number of hydrogen-bond acceptors (Lipinski definition) is 5. The molecular weight excluding hydrogens is 462 g/mol. The van der Waals surface area contributed by atoms with Crippen LogP contribution in [-0.4, -0.2) is 33.7 Å². The van der Waals surface area contributed by atoms with Crippen LogP contribution in [0.4, 0.5) is 11.4 Å². The topological polar surface area (TPSA) is 116 Å². The molecule has 2 aromatic carbocycles. The Morgan fingerprint density at radius 3 is 2.34 bits per heavy atom. The van der Waals surface area contributed by atoms with Crippen molar-refractivity contribution in [3.8, 4) is 5.75 Å². The summed E-state index contributed by atoms with van der Waals surface area (Å²) >= 11 is 0. The van der Waals surface area contributed by atoms with Gasteiger partial charge in [-0.25, -0.2) is 12.7 Å². The molecule has 7 nitrogen and oxygen atoms in total. The Morgan fingerprint density at radius 1 is 1.09 bits per heavy atom. The number of nitrogens with zero attached hydrogens (tertiary/aromatic N) is 1. The smallest absolute Gasteiger partial charge is 0.236 e. The van der Waals surface area contributed by atoms with Crippen LogP contribution in [0.2, 0.25) is 0 Å². The van der Waals surface area contributed by atoms with Gasteiger partial charge in [-0.3, -0.25) is 4.79 Å². The first-order valence-electron chi connectivity index (χ1n) is 12.2. The Bertz CT molecular complexity index is 1130. The minimum Gasteiger partial charge on any atom is -0.490 e. The lowest BCUT2D eigenvalue weighted by Gasteiger charge is -2.37. The largest absolute Gasteiger partial charge is 0.490 e. The molecule has 35 heavy (non-hydrogen) atoms. The molecule has 1 amide bonds. The second-order valence-corrected chi connectivity index (χ2v) is 12.5. The second kappa shape index (κ2) is 11.0. The monoisotopic (exact) mass is 501 g/mol. The minimum absolute atomic E-state index is 0.00116. The SMILES string of the molecule is CC(C)(C)C1CCC(c2cccc(N(c3cc(CC(N)=O)ccc3OCCN)S(C)(=O)=O)c2)CC1. The van der Waals surface area contributed by atoms with Crippen molar-refractivity contribution in [2.75, 3.05) is 23.7 Å². The number of carbonyl (C=O) groups is 1. The number of ether oxygens (including phenoxy) is 1. The molecule has 1 aliphatic carbocycles. The average Bonchev–Trinajstić information content (AvgIpc) is 2.77. The molecule has 0 aliphatic heterocycles. The van der Waals surface area contributed by atoms with Gasteiger partial charge in [0, 0.05) is 6.54 Å². The van der Waals surface area contributed by atoms with Gasteiger partial charge in [0.15, 0.2) is 0 Å². The molecule has 0 atom stereocenters. The molecule has 1 fully saturated rings. The first-order chi connectivity index (χ1) is 16.4. The average molecular weight is 502 g/mol. The number of anilines is 2. The fourth-order valence-electron chi connectivity index (χ4n) is 5.03. The lowest BCUT2D eigenvalue weighted by molar-refractivity contribution is -0.117. The Balaban J connectivity index is 2.00. The molecule has 1 aliphatic rings. The summed E-state index contributed by atoms with van der Waals surface area (Å²) in [5.41, 5.74) is 13.9. The van der Waals surface area contributed by atoms with Crippen LogP contribution in [0.3, 0.4) is 0 Å². The first kappa shape index (κ1) is 27.0. The third kappa shape index (κ3) is 6.98. The number of hydrogen-bond donors (Lipinski definition) is 2. The van der Waals surface area contributed by atoms with Crippen LogP contribution < -0.4 is 20.5 Å². The van der Waals surface area contributed by atoms with Gasteiger partial charge in [0.2, 0.25) is 15.9 Å². The van der Waals surface area contributed by atoms with Crippen LogP contribution in [-0.2, 0) is 21.2 Å². The van der Waals surface area contributed by atoms with E-state index in [0.717, 1.165) is 18.4 Å². The van der Waals surface area contributed by atoms with E-state index >= 15 is 0 Å². The summed E-state index contributed by atoms with van der Waals surface area (Å²) in [6.07, 6.45) is 5.67. The van der Waals surface area contributed by atoms with Crippen molar-refractivity contribution in [1.82, 2.24) is 0 Å². The normalized spacial score (nSPS) is 18.8. The van der Waals surface area contributed by atoms with Gasteiger partial charge in [-0.1, -0.05) is 39.0 Å². The van der Waals surface area contributed by atoms with Crippen LogP contribution in [0.1, 0.15) is 63.5 Å². The van der Waals surface area contributed by atoms with E-state index in [1.165, 1.54) is 23.4 Å². The molecule has 1 saturated carbocycles. The number of amides is 1. The zero-order chi connectivity index (χ0) is 25.8. The molecule has 0 bridgehead atoms. The Labute approximate surface area is 209 Å². The van der Waals surface area contributed by atoms with Gasteiger partial charge < -0.3 is 16.2 Å². The maximum absolute atomic E-state index is 13.1. The van der Waals surface area contributed by atoms with Crippen LogP contribution in [0.15, 0.2) is 42.5 Å². The van der Waals surface area contributed by atoms with E-state index in [1.807, 2.05) is 12.1 Å². The molecule has 2 aromatic rings. The maximum atomic E-state index is 13.1. The summed E-state index contributed by atoms with van der Waals surface area (Å²) in [5, 5.41) is 0. The van der Waals surface area contributed by atoms with E-state index in [-0.39, 0.29) is 19.6 Å². The lowest BCUT2D eigenvalue weighted by atomic mass is 9.68. The van der Waals surface area contributed by atoms with Crippen LogP contribution in [0, 0.1) is 11.3 Å². The number of primary amides is 1. The molecule has 192 valence electrons. The van der Waals surface area contributed by atoms with Gasteiger partial charge in [-0.2, -0.15) is 0 Å². The molecule has 8 heteroatoms. The van der Waals surface area contributed by atoms with Crippen molar-refractivity contribution >= 4 is 27.3 Å². The fraction of sp³-hybridized carbons (Fsp3) is 0.519. The van der Waals surface area contributed by atoms with Crippen LogP contribution in [0.5, 0.6) is 5.75 Å². The van der Waals surface area contributed by atoms with Crippen LogP contribution in [0.25, 0.3) is 0 Å². The number of sulfonamides is 1. The second-order valence-electron chi connectivity index (χ2n) is 10.6. The first-order valence-corrected chi connectivity index (χ1v) is 14.1. The number of carbonyl (C=O) groups excluding carboxylic acids is 1. The zero-order valence-electron chi connectivity index (χ0n) is 21.3. The lowest BCUT2D eigenvalue weighted by Crippen LogP contribution is -2.27. The summed E-state index contributed by atoms with van der Waals surface area (Å²) in [4.78, 5) is 11.5. The fourth-order valence-corrected chi connectivity index (χ4v) is 6.03. The van der Waals surface area contributed by atoms with E-state index < -0.39 is 15.9 Å². The highest BCUT2D eigenvalue weighted by molar-refractivity contribution is 7.92. The molecule has 3 rings (SSSR count). The predicted octanol–water partition coefficient (Wildman–Crippen LogP) is 4.47. The number of nitrogens with two attached hydrogens (primary N) is 2. The molecule has 0 heterocycles. The molecule has 0 radical (unpaired) electrons. The van der Waals surface area contributed by atoms with Crippen molar-refractivity contribution in [1.29, 1.82) is 0 Å². The zero-order valence-corrected chi connectivity index (χ0v) is 22.1. The summed E-state index contributed by atoms with van der Waals surface area (Å²) in [5.74, 6) is 0.976. The Morgan fingerprint density at radius 2 is 1.77 bits per heavy atom. The van der Waals surface area contributed by atoms with Gasteiger partial charge in [0.1, 0.15) is 12.4 Å². The summed E-state index contributed by atoms with van der Waals surface area (Å²) in [7, 11) is -3.73. The van der Waals surface area contributed by atoms with Gasteiger partial charge >= 0.3 is 0 Å². The molecule has 0 aromatic heterocycles. The molecule has 0 saturated heterocycles. The highest BCUT2D eigenvalue weighted by Gasteiger charge is 2.31. The van der Waals surface area contributed by atoms with Gasteiger partial charge in [0.25, 0.3) is 0 Å². The molecule has 4 N–H and O–H groups in total. The van der Waals surface area contributed by atoms with Crippen molar-refractivity contribution in [3.05, 3.63) is 53.6 Å². The van der Waals surface area contributed by atoms with Crippen molar-refractivity contribution < 1.29 is 17.9 Å². The quantitative estimate of drug-likeness (QED) is 0.526. The van der Waals surface area contributed by atoms with Crippen molar-refractivity contribution in [2.45, 2.75) is 58.8 Å². The minimum atomic E-state index is -3.73. The van der Waals surface area contributed by atoms with E-state index in [9.17, 15) is 13.2 Å². The maximum Gasteiger partial charge on any atom is 0.236 e. The van der Waals surface area contributed by atoms with E-state index in [2.05, 4.69) is 26.8 Å². The van der Waals surface area contributed by atoms with Gasteiger partial charge in [-0.15, -0.1) is 0 Å². The highest BCUT2D eigenvalue weighted by Crippen LogP contribution is 2.44. The predicted molar refractivity (Wildman–Crippen MR) is 141 cm³/mol. The summed E-state index contributed by atoms with van der Waals surface area (Å²) < 4.78 is 33.2. The molecule has 0 unspecified atom stereocenters. The molecular formula is C27H39N3O4S. The summed E-state index contributed by atoms with van der Waals surface area (Å²) in [6.45, 7) is 7.43. The van der Waals surface area contributed by atoms with E-state index in [1.54, 1.807) is 24.3 Å². The van der Waals surface area contributed by atoms with E-state index in [4.69, 9.17) is 16.2 Å². The third-order valence-corrected chi connectivity index (χ3v) is 7.93. The van der Waals surface area contributed by atoms with E-state index in [0.29, 0.717) is 39.9 Å². The third-order valence-electron chi connectivity index (χ3n) is 6.86. The highest BCUT2D eigenvalue weighted by atomic mass is 32.2. The Kier molecular flexibility index (Phi) is 8.49. The number of benzene rings is 2. The van der Waals surface area contributed by atoms with Gasteiger partial charge in [0.05, 0.1) is 24.1 Å². The van der Waals surface area contributed by atoms with Gasteiger partial charge in [-0.05, 0) is 78.3 Å². The summed E-state index contributed by atoms with van der Waals surface area (Å²) in [6, 6.07) is 12.8. The standard InChI is InChI=1S/C27H39N3O4S/c1-27(2,3)22-11-9-20(10-12-22)21-6-5-7-23(18-21)30(35(4,32)33)24-16-19(17-26(29)31)8-13-25(24)34-15-14-28/h5-8,13,16,18,20,22H,9-12,14-15,17,28H2,1-4H3,(H2,29,31). The Hall–Kier alpha value is -2.58. The molecule has 0 spiro atoms. The van der Waals surface area contributed by atoms with Crippen molar-refractivity contribution in [3.63, 3.8) is 0 Å². The van der Waals surface area contributed by atoms with Crippen LogP contribution >= 0.6 is 0 Å². The number of rotatable bonds is 9.